The molecule has 0 heterocycles. The van der Waals surface area contributed by atoms with Crippen LogP contribution in [0.5, 0.6) is 0 Å². The molecule has 0 spiro atoms. The Hall–Kier alpha value is -0.780. The number of quaternary nitrogens is 1. The van der Waals surface area contributed by atoms with E-state index in [4.69, 9.17) is 12.2 Å². The molecule has 0 aliphatic rings. The molecule has 0 saturated heterocycles. The third-order valence-electron chi connectivity index (χ3n) is 2.82. The second kappa shape index (κ2) is 10.0. The fourth-order valence-corrected chi connectivity index (χ4v) is 2.65. The Kier molecular flexibility index (Phi) is 8.65. The molecule has 0 amide bonds. The summed E-state index contributed by atoms with van der Waals surface area (Å²) in [6.07, 6.45) is 1.14. The van der Waals surface area contributed by atoms with E-state index in [-0.39, 0.29) is 0 Å². The fourth-order valence-electron chi connectivity index (χ4n) is 1.67. The molecule has 3 nitrogen and oxygen atoms in total. The summed E-state index contributed by atoms with van der Waals surface area (Å²) in [7, 11) is 4.33. The monoisotopic (exact) mass is 312 g/mol. The van der Waals surface area contributed by atoms with Crippen molar-refractivity contribution in [1.82, 2.24) is 10.6 Å². The van der Waals surface area contributed by atoms with Crippen LogP contribution in [0.3, 0.4) is 0 Å². The van der Waals surface area contributed by atoms with Crippen molar-refractivity contribution >= 4 is 29.1 Å². The lowest BCUT2D eigenvalue weighted by molar-refractivity contribution is -0.858. The molecule has 0 aliphatic carbocycles. The second-order valence-corrected chi connectivity index (χ2v) is 6.73. The summed E-state index contributed by atoms with van der Waals surface area (Å²) in [5, 5.41) is 7.25. The summed E-state index contributed by atoms with van der Waals surface area (Å²) >= 11 is 7.09. The van der Waals surface area contributed by atoms with Gasteiger partial charge in [-0.25, -0.2) is 0 Å². The van der Waals surface area contributed by atoms with Crippen molar-refractivity contribution in [3.8, 4) is 0 Å². The van der Waals surface area contributed by atoms with Gasteiger partial charge in [-0.3, -0.25) is 0 Å². The Morgan fingerprint density at radius 2 is 1.80 bits per heavy atom. The van der Waals surface area contributed by atoms with Gasteiger partial charge in [0, 0.05) is 30.2 Å². The van der Waals surface area contributed by atoms with E-state index < -0.39 is 0 Å². The Labute approximate surface area is 132 Å². The second-order valence-electron chi connectivity index (χ2n) is 5.15. The molecule has 1 rings (SSSR count). The molecule has 5 heteroatoms. The van der Waals surface area contributed by atoms with Crippen LogP contribution in [0.15, 0.2) is 29.2 Å². The summed E-state index contributed by atoms with van der Waals surface area (Å²) < 4.78 is 0. The average molecular weight is 313 g/mol. The number of hydrogen-bond donors (Lipinski definition) is 3. The fraction of sp³-hybridized carbons (Fsp3) is 0.533. The van der Waals surface area contributed by atoms with Gasteiger partial charge in [0.25, 0.3) is 0 Å². The van der Waals surface area contributed by atoms with Gasteiger partial charge in [0.15, 0.2) is 5.11 Å². The van der Waals surface area contributed by atoms with Crippen molar-refractivity contribution in [2.45, 2.75) is 18.2 Å². The molecular weight excluding hydrogens is 286 g/mol. The number of rotatable bonds is 8. The Morgan fingerprint density at radius 1 is 1.15 bits per heavy atom. The van der Waals surface area contributed by atoms with Crippen LogP contribution in [0.4, 0.5) is 0 Å². The largest absolute Gasteiger partial charge is 0.363 e. The highest BCUT2D eigenvalue weighted by Crippen LogP contribution is 2.17. The molecule has 0 radical (unpaired) electrons. The Morgan fingerprint density at radius 3 is 2.45 bits per heavy atom. The number of benzene rings is 1. The van der Waals surface area contributed by atoms with Crippen molar-refractivity contribution in [1.29, 1.82) is 0 Å². The maximum Gasteiger partial charge on any atom is 0.166 e. The van der Waals surface area contributed by atoms with Crippen LogP contribution < -0.4 is 15.5 Å². The first-order valence-electron chi connectivity index (χ1n) is 7.08. The van der Waals surface area contributed by atoms with Crippen LogP contribution in [0.1, 0.15) is 12.0 Å². The van der Waals surface area contributed by atoms with E-state index in [0.717, 1.165) is 30.4 Å². The van der Waals surface area contributed by atoms with Crippen molar-refractivity contribution < 1.29 is 4.90 Å². The van der Waals surface area contributed by atoms with Crippen molar-refractivity contribution in [2.75, 3.05) is 39.5 Å². The summed E-state index contributed by atoms with van der Waals surface area (Å²) in [6, 6.07) is 8.63. The van der Waals surface area contributed by atoms with Gasteiger partial charge >= 0.3 is 0 Å². The number of hydrogen-bond acceptors (Lipinski definition) is 2. The zero-order chi connectivity index (χ0) is 14.8. The summed E-state index contributed by atoms with van der Waals surface area (Å²) in [5.41, 5.74) is 1.30. The van der Waals surface area contributed by atoms with E-state index in [1.165, 1.54) is 21.9 Å². The predicted octanol–water partition coefficient (Wildman–Crippen LogP) is 1.09. The highest BCUT2D eigenvalue weighted by Gasteiger charge is 1.98. The summed E-state index contributed by atoms with van der Waals surface area (Å²) in [5.74, 6) is 1.02. The van der Waals surface area contributed by atoms with E-state index in [0.29, 0.717) is 0 Å². The normalized spacial score (nSPS) is 10.6. The SMILES string of the molecule is Cc1ccc(SCCNC(=S)NCCC[NH+](C)C)cc1. The number of nitrogens with one attached hydrogen (secondary N) is 3. The van der Waals surface area contributed by atoms with Gasteiger partial charge in [0.2, 0.25) is 0 Å². The van der Waals surface area contributed by atoms with Gasteiger partial charge in [-0.1, -0.05) is 17.7 Å². The lowest BCUT2D eigenvalue weighted by atomic mass is 10.2. The number of thioether (sulfide) groups is 1. The topological polar surface area (TPSA) is 28.5 Å². The molecule has 0 atom stereocenters. The Bertz CT molecular complexity index is 391. The van der Waals surface area contributed by atoms with Crippen molar-refractivity contribution in [3.05, 3.63) is 29.8 Å². The molecule has 3 N–H and O–H groups in total. The van der Waals surface area contributed by atoms with Gasteiger partial charge in [-0.2, -0.15) is 0 Å². The lowest BCUT2D eigenvalue weighted by Gasteiger charge is -2.11. The number of thiocarbonyl (C=S) groups is 1. The molecule has 0 aliphatic heterocycles. The van der Waals surface area contributed by atoms with Gasteiger partial charge < -0.3 is 15.5 Å². The zero-order valence-electron chi connectivity index (χ0n) is 12.7. The molecule has 0 saturated carbocycles. The first-order valence-corrected chi connectivity index (χ1v) is 8.47. The summed E-state index contributed by atoms with van der Waals surface area (Å²) in [6.45, 7) is 5.11. The molecule has 0 fully saturated rings. The van der Waals surface area contributed by atoms with Gasteiger partial charge in [0.1, 0.15) is 0 Å². The molecule has 20 heavy (non-hydrogen) atoms. The van der Waals surface area contributed by atoms with Crippen LogP contribution in [0.2, 0.25) is 0 Å². The zero-order valence-corrected chi connectivity index (χ0v) is 14.3. The van der Waals surface area contributed by atoms with E-state index >= 15 is 0 Å². The first kappa shape index (κ1) is 17.3. The molecule has 0 aromatic heterocycles. The minimum Gasteiger partial charge on any atom is -0.363 e. The third kappa shape index (κ3) is 8.40. The van der Waals surface area contributed by atoms with Crippen LogP contribution in [0.25, 0.3) is 0 Å². The minimum atomic E-state index is 0.767. The van der Waals surface area contributed by atoms with E-state index in [2.05, 4.69) is 55.9 Å². The van der Waals surface area contributed by atoms with Crippen molar-refractivity contribution in [3.63, 3.8) is 0 Å². The highest BCUT2D eigenvalue weighted by atomic mass is 32.2. The smallest absolute Gasteiger partial charge is 0.166 e. The Balaban J connectivity index is 2.03. The standard InChI is InChI=1S/C15H25N3S2/c1-13-5-7-14(8-6-13)20-12-10-17-15(19)16-9-4-11-18(2)3/h5-8H,4,9-12H2,1-3H3,(H2,16,17,19)/p+1. The first-order chi connectivity index (χ1) is 9.58. The van der Waals surface area contributed by atoms with Crippen LogP contribution in [-0.4, -0.2) is 44.6 Å². The average Bonchev–Trinajstić information content (AvgIpc) is 2.41. The van der Waals surface area contributed by atoms with Gasteiger partial charge in [0.05, 0.1) is 20.6 Å². The van der Waals surface area contributed by atoms with Gasteiger partial charge in [-0.05, 0) is 31.3 Å². The molecule has 0 unspecified atom stereocenters. The van der Waals surface area contributed by atoms with Crippen molar-refractivity contribution in [2.24, 2.45) is 0 Å². The number of aryl methyl sites for hydroxylation is 1. The quantitative estimate of drug-likeness (QED) is 0.381. The maximum absolute atomic E-state index is 5.24. The van der Waals surface area contributed by atoms with E-state index in [9.17, 15) is 0 Å². The molecule has 112 valence electrons. The van der Waals surface area contributed by atoms with Crippen LogP contribution in [0, 0.1) is 6.92 Å². The predicted molar refractivity (Wildman–Crippen MR) is 92.8 cm³/mol. The van der Waals surface area contributed by atoms with E-state index in [1.807, 2.05) is 11.8 Å². The third-order valence-corrected chi connectivity index (χ3v) is 4.12. The highest BCUT2D eigenvalue weighted by molar-refractivity contribution is 7.99. The van der Waals surface area contributed by atoms with Gasteiger partial charge in [-0.15, -0.1) is 11.8 Å². The molecule has 0 bridgehead atoms. The van der Waals surface area contributed by atoms with E-state index in [1.54, 1.807) is 0 Å². The molecule has 1 aromatic rings. The maximum atomic E-state index is 5.24. The molecule has 1 aromatic carbocycles. The summed E-state index contributed by atoms with van der Waals surface area (Å²) in [4.78, 5) is 2.78. The minimum absolute atomic E-state index is 0.767. The van der Waals surface area contributed by atoms with Crippen LogP contribution in [-0.2, 0) is 0 Å². The molecular formula is C15H26N3S2+. The lowest BCUT2D eigenvalue weighted by Crippen LogP contribution is -3.05. The van der Waals surface area contributed by atoms with Crippen LogP contribution >= 0.6 is 24.0 Å².